The van der Waals surface area contributed by atoms with Crippen molar-refractivity contribution >= 4 is 43.1 Å². The summed E-state index contributed by atoms with van der Waals surface area (Å²) in [5.41, 5.74) is 15.5. The van der Waals surface area contributed by atoms with Gasteiger partial charge in [-0.3, -0.25) is 0 Å². The summed E-state index contributed by atoms with van der Waals surface area (Å²) in [6.45, 7) is 0. The first-order valence-corrected chi connectivity index (χ1v) is 18.6. The summed E-state index contributed by atoms with van der Waals surface area (Å²) in [6, 6.07) is 72.9. The molecule has 0 amide bonds. The lowest BCUT2D eigenvalue weighted by atomic mass is 9.70. The summed E-state index contributed by atoms with van der Waals surface area (Å²) < 4.78 is 0. The van der Waals surface area contributed by atoms with Crippen LogP contribution in [0.3, 0.4) is 0 Å². The van der Waals surface area contributed by atoms with Gasteiger partial charge in [-0.2, -0.15) is 0 Å². The van der Waals surface area contributed by atoms with Crippen LogP contribution < -0.4 is 0 Å². The zero-order chi connectivity index (χ0) is 34.7. The van der Waals surface area contributed by atoms with Crippen LogP contribution in [0, 0.1) is 0 Å². The molecule has 10 aromatic carbocycles. The first kappa shape index (κ1) is 28.9. The van der Waals surface area contributed by atoms with Gasteiger partial charge in [-0.05, 0) is 128 Å². The molecule has 0 bridgehead atoms. The van der Waals surface area contributed by atoms with E-state index in [2.05, 4.69) is 194 Å². The molecule has 0 aromatic heterocycles. The molecule has 0 atom stereocenters. The van der Waals surface area contributed by atoms with Crippen molar-refractivity contribution in [1.29, 1.82) is 0 Å². The van der Waals surface area contributed by atoms with E-state index in [9.17, 15) is 0 Å². The van der Waals surface area contributed by atoms with E-state index in [4.69, 9.17) is 0 Å². The Bertz CT molecular complexity index is 3120. The lowest BCUT2D eigenvalue weighted by Gasteiger charge is -2.31. The maximum atomic E-state index is 2.54. The van der Waals surface area contributed by atoms with Crippen LogP contribution in [-0.4, -0.2) is 0 Å². The van der Waals surface area contributed by atoms with Crippen molar-refractivity contribution in [3.8, 4) is 44.5 Å². The molecule has 0 heteroatoms. The van der Waals surface area contributed by atoms with Crippen molar-refractivity contribution in [3.63, 3.8) is 0 Å². The monoisotopic (exact) mass is 668 g/mol. The topological polar surface area (TPSA) is 0 Å². The second-order valence-electron chi connectivity index (χ2n) is 14.7. The highest BCUT2D eigenvalue weighted by Crippen LogP contribution is 2.65. The van der Waals surface area contributed by atoms with Crippen LogP contribution in [0.15, 0.2) is 194 Å². The smallest absolute Gasteiger partial charge is 0.0622 e. The Morgan fingerprint density at radius 1 is 0.245 bits per heavy atom. The Morgan fingerprint density at radius 3 is 1.57 bits per heavy atom. The molecule has 1 spiro atoms. The summed E-state index contributed by atoms with van der Waals surface area (Å²) in [4.78, 5) is 0. The molecule has 0 radical (unpaired) electrons. The van der Waals surface area contributed by atoms with Crippen LogP contribution in [-0.2, 0) is 5.41 Å². The largest absolute Gasteiger partial charge is 0.0725 e. The van der Waals surface area contributed by atoms with Gasteiger partial charge in [-0.1, -0.05) is 176 Å². The van der Waals surface area contributed by atoms with Crippen LogP contribution in [0.5, 0.6) is 0 Å². The Labute approximate surface area is 308 Å². The van der Waals surface area contributed by atoms with Crippen LogP contribution in [0.2, 0.25) is 0 Å². The molecule has 2 aliphatic rings. The molecule has 0 heterocycles. The fourth-order valence-corrected chi connectivity index (χ4v) is 10.2. The van der Waals surface area contributed by atoms with Crippen molar-refractivity contribution in [3.05, 3.63) is 216 Å². The Balaban J connectivity index is 1.24. The maximum Gasteiger partial charge on any atom is 0.0725 e. The SMILES string of the molecule is c1ccc(-c2c3c(cc4cc(-c5c6ccccc6cc6c5ccc5ccccc56)ccc24)C2(c4ccccc4-c4ccccc42)c2ccccc2-3)cc1. The molecule has 0 fully saturated rings. The zero-order valence-electron chi connectivity index (χ0n) is 29.0. The zero-order valence-corrected chi connectivity index (χ0v) is 29.0. The van der Waals surface area contributed by atoms with E-state index in [1.807, 2.05) is 0 Å². The van der Waals surface area contributed by atoms with Crippen molar-refractivity contribution in [1.82, 2.24) is 0 Å². The summed E-state index contributed by atoms with van der Waals surface area (Å²) in [5, 5.41) is 10.2. The Hall–Kier alpha value is -6.76. The van der Waals surface area contributed by atoms with Crippen molar-refractivity contribution in [2.24, 2.45) is 0 Å². The number of fused-ring (bicyclic) bond motifs is 15. The molecule has 0 saturated carbocycles. The van der Waals surface area contributed by atoms with E-state index in [0.717, 1.165) is 0 Å². The highest BCUT2D eigenvalue weighted by atomic mass is 14.5. The molecule has 12 rings (SSSR count). The van der Waals surface area contributed by atoms with E-state index in [1.54, 1.807) is 0 Å². The fraction of sp³-hybridized carbons (Fsp3) is 0.0189. The third-order valence-corrected chi connectivity index (χ3v) is 12.2. The van der Waals surface area contributed by atoms with Crippen molar-refractivity contribution < 1.29 is 0 Å². The number of hydrogen-bond acceptors (Lipinski definition) is 0. The highest BCUT2D eigenvalue weighted by molar-refractivity contribution is 6.21. The van der Waals surface area contributed by atoms with Crippen LogP contribution in [0.25, 0.3) is 87.6 Å². The van der Waals surface area contributed by atoms with Crippen molar-refractivity contribution in [2.75, 3.05) is 0 Å². The molecule has 244 valence electrons. The van der Waals surface area contributed by atoms with E-state index in [1.165, 1.54) is 110 Å². The number of hydrogen-bond donors (Lipinski definition) is 0. The molecule has 0 nitrogen and oxygen atoms in total. The van der Waals surface area contributed by atoms with Gasteiger partial charge in [0, 0.05) is 0 Å². The summed E-state index contributed by atoms with van der Waals surface area (Å²) in [5.74, 6) is 0. The predicted octanol–water partition coefficient (Wildman–Crippen LogP) is 14.0. The maximum absolute atomic E-state index is 2.54. The highest BCUT2D eigenvalue weighted by Gasteiger charge is 2.52. The van der Waals surface area contributed by atoms with Crippen LogP contribution >= 0.6 is 0 Å². The first-order chi connectivity index (χ1) is 26.3. The van der Waals surface area contributed by atoms with E-state index < -0.39 is 5.41 Å². The van der Waals surface area contributed by atoms with Gasteiger partial charge >= 0.3 is 0 Å². The van der Waals surface area contributed by atoms with Gasteiger partial charge in [0.05, 0.1) is 5.41 Å². The second kappa shape index (κ2) is 10.6. The lowest BCUT2D eigenvalue weighted by Crippen LogP contribution is -2.25. The summed E-state index contributed by atoms with van der Waals surface area (Å²) in [7, 11) is 0. The normalized spacial score (nSPS) is 13.4. The molecule has 0 aliphatic heterocycles. The molecule has 2 aliphatic carbocycles. The van der Waals surface area contributed by atoms with Gasteiger partial charge in [0.1, 0.15) is 0 Å². The van der Waals surface area contributed by atoms with E-state index >= 15 is 0 Å². The lowest BCUT2D eigenvalue weighted by molar-refractivity contribution is 0.795. The van der Waals surface area contributed by atoms with Gasteiger partial charge < -0.3 is 0 Å². The van der Waals surface area contributed by atoms with Gasteiger partial charge in [-0.25, -0.2) is 0 Å². The number of benzene rings is 10. The standard InChI is InChI=1S/C53H32/c1-2-15-34(16-3-1)51-40-28-27-36(50-39-19-7-5-17-35(39)31-45-38-18-6-4-14-33(38)26-29-43(45)50)30-37(40)32-49-52(51)44-22-10-13-25-48(44)53(49)46-23-11-8-20-41(46)42-21-9-12-24-47(42)53/h1-32H. The summed E-state index contributed by atoms with van der Waals surface area (Å²) >= 11 is 0. The minimum absolute atomic E-state index is 0.419. The van der Waals surface area contributed by atoms with Crippen LogP contribution in [0.4, 0.5) is 0 Å². The van der Waals surface area contributed by atoms with Gasteiger partial charge in [0.15, 0.2) is 0 Å². The first-order valence-electron chi connectivity index (χ1n) is 18.6. The molecular weight excluding hydrogens is 637 g/mol. The second-order valence-corrected chi connectivity index (χ2v) is 14.7. The Morgan fingerprint density at radius 2 is 0.811 bits per heavy atom. The Kier molecular flexibility index (Phi) is 5.80. The molecular formula is C53H32. The third kappa shape index (κ3) is 3.75. The number of rotatable bonds is 2. The van der Waals surface area contributed by atoms with Crippen molar-refractivity contribution in [2.45, 2.75) is 5.41 Å². The van der Waals surface area contributed by atoms with E-state index in [-0.39, 0.29) is 0 Å². The third-order valence-electron chi connectivity index (χ3n) is 12.2. The quantitative estimate of drug-likeness (QED) is 0.127. The van der Waals surface area contributed by atoms with Crippen LogP contribution in [0.1, 0.15) is 22.3 Å². The predicted molar refractivity (Wildman–Crippen MR) is 224 cm³/mol. The molecule has 0 N–H and O–H groups in total. The van der Waals surface area contributed by atoms with Gasteiger partial charge in [-0.15, -0.1) is 0 Å². The average Bonchev–Trinajstić information content (AvgIpc) is 3.69. The van der Waals surface area contributed by atoms with Gasteiger partial charge in [0.2, 0.25) is 0 Å². The minimum Gasteiger partial charge on any atom is -0.0622 e. The molecule has 10 aromatic rings. The van der Waals surface area contributed by atoms with Gasteiger partial charge in [0.25, 0.3) is 0 Å². The fourth-order valence-electron chi connectivity index (χ4n) is 10.2. The average molecular weight is 669 g/mol. The summed E-state index contributed by atoms with van der Waals surface area (Å²) in [6.07, 6.45) is 0. The molecule has 0 saturated heterocycles. The van der Waals surface area contributed by atoms with E-state index in [0.29, 0.717) is 0 Å². The minimum atomic E-state index is -0.419. The molecule has 0 unspecified atom stereocenters. The molecule has 53 heavy (non-hydrogen) atoms.